The number of fused-ring (bicyclic) bond motifs is 12. The first-order chi connectivity index (χ1) is 26.0. The van der Waals surface area contributed by atoms with Gasteiger partial charge in [0.25, 0.3) is 0 Å². The molecule has 2 aliphatic carbocycles. The van der Waals surface area contributed by atoms with Gasteiger partial charge in [0.1, 0.15) is 0 Å². The molecule has 4 aliphatic rings. The maximum Gasteiger partial charge on any atom is 0.0344 e. The van der Waals surface area contributed by atoms with Gasteiger partial charge >= 0.3 is 0 Å². The molecule has 262 valence electrons. The molecular formula is C51H40S3. The van der Waals surface area contributed by atoms with Crippen LogP contribution in [0.3, 0.4) is 0 Å². The lowest BCUT2D eigenvalue weighted by molar-refractivity contribution is 0.604. The van der Waals surface area contributed by atoms with Crippen molar-refractivity contribution >= 4 is 35.3 Å². The third kappa shape index (κ3) is 4.44. The number of hydrogen-bond donors (Lipinski definition) is 0. The van der Waals surface area contributed by atoms with E-state index in [1.54, 1.807) is 0 Å². The summed E-state index contributed by atoms with van der Waals surface area (Å²) in [6.07, 6.45) is 0. The Morgan fingerprint density at radius 2 is 0.889 bits per heavy atom. The average molecular weight is 749 g/mol. The van der Waals surface area contributed by atoms with Crippen LogP contribution in [0.1, 0.15) is 74.9 Å². The highest BCUT2D eigenvalue weighted by atomic mass is 32.2. The van der Waals surface area contributed by atoms with E-state index >= 15 is 0 Å². The number of hydrogen-bond acceptors (Lipinski definition) is 3. The van der Waals surface area contributed by atoms with E-state index in [-0.39, 0.29) is 16.2 Å². The van der Waals surface area contributed by atoms with Crippen molar-refractivity contribution in [3.05, 3.63) is 167 Å². The fraction of sp³-hybridized carbons (Fsp3) is 0.176. The summed E-state index contributed by atoms with van der Waals surface area (Å²) in [5, 5.41) is 0. The molecule has 7 aromatic carbocycles. The predicted octanol–water partition coefficient (Wildman–Crippen LogP) is 15.0. The second-order valence-electron chi connectivity index (χ2n) is 16.9. The van der Waals surface area contributed by atoms with Crippen LogP contribution in [-0.4, -0.2) is 0 Å². The molecular weight excluding hydrogens is 709 g/mol. The van der Waals surface area contributed by atoms with Crippen LogP contribution in [0.15, 0.2) is 163 Å². The second-order valence-corrected chi connectivity index (χ2v) is 20.0. The van der Waals surface area contributed by atoms with E-state index in [2.05, 4.69) is 175 Å². The Morgan fingerprint density at radius 3 is 1.74 bits per heavy atom. The largest absolute Gasteiger partial charge is 0.0888 e. The zero-order valence-corrected chi connectivity index (χ0v) is 33.9. The summed E-state index contributed by atoms with van der Waals surface area (Å²) < 4.78 is 0. The molecule has 0 unspecified atom stereocenters. The zero-order chi connectivity index (χ0) is 36.7. The van der Waals surface area contributed by atoms with Crippen molar-refractivity contribution in [2.45, 2.75) is 87.2 Å². The highest BCUT2D eigenvalue weighted by Crippen LogP contribution is 2.61. The van der Waals surface area contributed by atoms with Crippen molar-refractivity contribution in [1.29, 1.82) is 0 Å². The molecule has 54 heavy (non-hydrogen) atoms. The molecule has 0 radical (unpaired) electrons. The summed E-state index contributed by atoms with van der Waals surface area (Å²) in [5.74, 6) is 0. The maximum atomic E-state index is 2.48. The Balaban J connectivity index is 0.991. The maximum absolute atomic E-state index is 2.48. The number of benzene rings is 7. The quantitative estimate of drug-likeness (QED) is 0.173. The van der Waals surface area contributed by atoms with Gasteiger partial charge in [0, 0.05) is 56.7 Å². The van der Waals surface area contributed by atoms with Crippen molar-refractivity contribution < 1.29 is 0 Å². The highest BCUT2D eigenvalue weighted by Gasteiger charge is 2.42. The molecule has 0 amide bonds. The Bertz CT molecular complexity index is 2780. The summed E-state index contributed by atoms with van der Waals surface area (Å²) in [6.45, 7) is 14.4. The molecule has 0 atom stereocenters. The van der Waals surface area contributed by atoms with Crippen molar-refractivity contribution in [3.63, 3.8) is 0 Å². The van der Waals surface area contributed by atoms with Crippen LogP contribution in [-0.2, 0) is 16.2 Å². The van der Waals surface area contributed by atoms with E-state index in [1.165, 1.54) is 107 Å². The lowest BCUT2D eigenvalue weighted by atomic mass is 9.75. The van der Waals surface area contributed by atoms with E-state index in [9.17, 15) is 0 Å². The Hall–Kier alpha value is -4.41. The molecule has 0 bridgehead atoms. The second kappa shape index (κ2) is 11.3. The highest BCUT2D eigenvalue weighted by molar-refractivity contribution is 8.05. The van der Waals surface area contributed by atoms with Crippen LogP contribution in [0, 0.1) is 0 Å². The first-order valence-corrected chi connectivity index (χ1v) is 21.5. The van der Waals surface area contributed by atoms with Gasteiger partial charge in [0.05, 0.1) is 0 Å². The summed E-state index contributed by atoms with van der Waals surface area (Å²) in [4.78, 5) is 8.27. The molecule has 7 aromatic rings. The Kier molecular flexibility index (Phi) is 6.91. The van der Waals surface area contributed by atoms with Gasteiger partial charge in [0.15, 0.2) is 0 Å². The van der Waals surface area contributed by atoms with Crippen LogP contribution < -0.4 is 0 Å². The summed E-state index contributed by atoms with van der Waals surface area (Å²) >= 11 is 5.85. The third-order valence-corrected chi connectivity index (χ3v) is 16.7. The van der Waals surface area contributed by atoms with Gasteiger partial charge in [0.2, 0.25) is 0 Å². The Labute approximate surface area is 331 Å². The fourth-order valence-electron chi connectivity index (χ4n) is 9.84. The lowest BCUT2D eigenvalue weighted by Crippen LogP contribution is -2.24. The van der Waals surface area contributed by atoms with E-state index in [1.807, 2.05) is 35.3 Å². The first kappa shape index (κ1) is 33.0. The van der Waals surface area contributed by atoms with Gasteiger partial charge in [-0.15, -0.1) is 0 Å². The smallest absolute Gasteiger partial charge is 0.0344 e. The monoisotopic (exact) mass is 748 g/mol. The summed E-state index contributed by atoms with van der Waals surface area (Å²) in [7, 11) is 0. The Morgan fingerprint density at radius 1 is 0.315 bits per heavy atom. The molecule has 0 nitrogen and oxygen atoms in total. The van der Waals surface area contributed by atoms with E-state index in [0.29, 0.717) is 0 Å². The van der Waals surface area contributed by atoms with Crippen molar-refractivity contribution in [1.82, 2.24) is 0 Å². The van der Waals surface area contributed by atoms with E-state index in [0.717, 1.165) is 0 Å². The van der Waals surface area contributed by atoms with Crippen LogP contribution >= 0.6 is 35.3 Å². The molecule has 0 aromatic heterocycles. The lowest BCUT2D eigenvalue weighted by Gasteiger charge is -2.36. The standard InChI is InChI=1S/C51H40S3/c1-49(2)35-17-8-7-15-33(35)45-38(49)25-26-43-48(45)54-46-32(16-12-20-42(46)52-43)31-14-11-13-29(27-31)30-21-22-34-40(28-30)51(5,6)37-23-24-39-47(44(34)37)53-41-19-10-9-18-36(41)50(39,3)4/h7-28H,1-6H3. The average Bonchev–Trinajstić information content (AvgIpc) is 3.56. The van der Waals surface area contributed by atoms with E-state index in [4.69, 9.17) is 0 Å². The molecule has 0 N–H and O–H groups in total. The molecule has 11 rings (SSSR count). The van der Waals surface area contributed by atoms with Gasteiger partial charge in [-0.05, 0) is 97.1 Å². The summed E-state index contributed by atoms with van der Waals surface area (Å²) in [5.41, 5.74) is 19.2. The van der Waals surface area contributed by atoms with Gasteiger partial charge < -0.3 is 0 Å². The molecule has 2 aliphatic heterocycles. The molecule has 3 heteroatoms. The van der Waals surface area contributed by atoms with Crippen LogP contribution in [0.5, 0.6) is 0 Å². The normalized spacial score (nSPS) is 16.9. The van der Waals surface area contributed by atoms with Crippen molar-refractivity contribution in [3.8, 4) is 44.5 Å². The predicted molar refractivity (Wildman–Crippen MR) is 230 cm³/mol. The topological polar surface area (TPSA) is 0 Å². The summed E-state index contributed by atoms with van der Waals surface area (Å²) in [6, 6.07) is 50.9. The van der Waals surface area contributed by atoms with Gasteiger partial charge in [-0.1, -0.05) is 180 Å². The van der Waals surface area contributed by atoms with Gasteiger partial charge in [-0.3, -0.25) is 0 Å². The number of rotatable bonds is 2. The van der Waals surface area contributed by atoms with Crippen molar-refractivity contribution in [2.24, 2.45) is 0 Å². The third-order valence-electron chi connectivity index (χ3n) is 12.8. The minimum Gasteiger partial charge on any atom is -0.0888 e. The van der Waals surface area contributed by atoms with Crippen molar-refractivity contribution in [2.75, 3.05) is 0 Å². The fourth-order valence-corrected chi connectivity index (χ4v) is 14.0. The minimum atomic E-state index is -0.0951. The SMILES string of the molecule is CC1(C)c2ccccc2Sc2c1ccc1c2-c2ccc(-c3cccc(-c4cccc5c4Sc4c(ccc6c4-c4ccccc4C6(C)C)S5)c3)cc2C1(C)C. The molecule has 0 saturated carbocycles. The minimum absolute atomic E-state index is 0.00763. The molecule has 0 spiro atoms. The van der Waals surface area contributed by atoms with Crippen LogP contribution in [0.4, 0.5) is 0 Å². The molecule has 2 heterocycles. The van der Waals surface area contributed by atoms with Crippen LogP contribution in [0.25, 0.3) is 44.5 Å². The zero-order valence-electron chi connectivity index (χ0n) is 31.4. The van der Waals surface area contributed by atoms with Gasteiger partial charge in [-0.25, -0.2) is 0 Å². The molecule has 0 saturated heterocycles. The van der Waals surface area contributed by atoms with Crippen LogP contribution in [0.2, 0.25) is 0 Å². The van der Waals surface area contributed by atoms with Gasteiger partial charge in [-0.2, -0.15) is 0 Å². The first-order valence-electron chi connectivity index (χ1n) is 19.0. The molecule has 0 fully saturated rings. The van der Waals surface area contributed by atoms with E-state index < -0.39 is 0 Å².